The molecule has 1 saturated heterocycles. The molecular formula is C26H25FN6O3. The minimum atomic E-state index is -0.360. The van der Waals surface area contributed by atoms with Gasteiger partial charge in [0.15, 0.2) is 5.82 Å². The van der Waals surface area contributed by atoms with E-state index in [0.29, 0.717) is 37.4 Å². The van der Waals surface area contributed by atoms with Crippen LogP contribution in [-0.4, -0.2) is 56.9 Å². The van der Waals surface area contributed by atoms with Gasteiger partial charge in [0.05, 0.1) is 5.69 Å². The lowest BCUT2D eigenvalue weighted by atomic mass is 10.1. The molecule has 184 valence electrons. The fourth-order valence-electron chi connectivity index (χ4n) is 4.24. The van der Waals surface area contributed by atoms with Crippen LogP contribution in [0.15, 0.2) is 63.9 Å². The molecule has 0 radical (unpaired) electrons. The van der Waals surface area contributed by atoms with Crippen LogP contribution in [0.3, 0.4) is 0 Å². The zero-order valence-electron chi connectivity index (χ0n) is 20.0. The molecular weight excluding hydrogens is 463 g/mol. The molecule has 3 heterocycles. The van der Waals surface area contributed by atoms with Crippen LogP contribution in [0, 0.1) is 19.7 Å². The highest BCUT2D eigenvalue weighted by Gasteiger charge is 2.27. The number of aromatic nitrogens is 4. The van der Waals surface area contributed by atoms with Crippen molar-refractivity contribution in [3.63, 3.8) is 0 Å². The van der Waals surface area contributed by atoms with Crippen molar-refractivity contribution >= 4 is 11.6 Å². The van der Waals surface area contributed by atoms with Gasteiger partial charge >= 0.3 is 11.8 Å². The minimum Gasteiger partial charge on any atom is -0.368 e. The van der Waals surface area contributed by atoms with Gasteiger partial charge in [-0.3, -0.25) is 9.59 Å². The average Bonchev–Trinajstić information content (AvgIpc) is 3.36. The first kappa shape index (κ1) is 23.4. The van der Waals surface area contributed by atoms with Crippen LogP contribution < -0.4 is 10.5 Å². The molecule has 1 aliphatic rings. The molecule has 1 fully saturated rings. The van der Waals surface area contributed by atoms with Crippen LogP contribution in [-0.2, 0) is 6.54 Å². The van der Waals surface area contributed by atoms with Crippen LogP contribution in [0.2, 0.25) is 0 Å². The zero-order chi connectivity index (χ0) is 25.2. The number of nitrogens with zero attached hydrogens (tertiary/aromatic N) is 6. The summed E-state index contributed by atoms with van der Waals surface area (Å²) in [5.74, 6) is -0.649. The van der Waals surface area contributed by atoms with Crippen LogP contribution in [0.25, 0.3) is 11.3 Å². The molecule has 0 unspecified atom stereocenters. The van der Waals surface area contributed by atoms with Gasteiger partial charge in [0.25, 0.3) is 5.56 Å². The first-order valence-electron chi connectivity index (χ1n) is 11.7. The number of benzene rings is 2. The standard InChI is InChI=1S/C26H25FN6O3/c1-17-4-3-5-22(18(17)2)31-12-14-32(15-13-31)26(35)25-28-23(30-36-25)16-33-24(34)11-10-21(29-33)19-6-8-20(27)9-7-19/h3-11H,12-16H2,1-2H3. The quantitative estimate of drug-likeness (QED) is 0.426. The van der Waals surface area contributed by atoms with Gasteiger partial charge in [-0.2, -0.15) is 10.1 Å². The van der Waals surface area contributed by atoms with Crippen molar-refractivity contribution in [1.82, 2.24) is 24.8 Å². The van der Waals surface area contributed by atoms with Crippen molar-refractivity contribution < 1.29 is 13.7 Å². The second-order valence-corrected chi connectivity index (χ2v) is 8.74. The number of halogens is 1. The summed E-state index contributed by atoms with van der Waals surface area (Å²) in [6.07, 6.45) is 0. The molecule has 0 saturated carbocycles. The number of aryl methyl sites for hydroxylation is 1. The second-order valence-electron chi connectivity index (χ2n) is 8.74. The fraction of sp³-hybridized carbons (Fsp3) is 0.269. The van der Waals surface area contributed by atoms with Gasteiger partial charge in [0, 0.05) is 43.5 Å². The molecule has 5 rings (SSSR count). The SMILES string of the molecule is Cc1cccc(N2CCN(C(=O)c3nc(Cn4nc(-c5ccc(F)cc5)ccc4=O)no3)CC2)c1C. The number of hydrogen-bond donors (Lipinski definition) is 0. The Kier molecular flexibility index (Phi) is 6.32. The van der Waals surface area contributed by atoms with Crippen molar-refractivity contribution in [3.8, 4) is 11.3 Å². The van der Waals surface area contributed by atoms with E-state index in [1.807, 2.05) is 6.07 Å². The van der Waals surface area contributed by atoms with Gasteiger partial charge in [-0.1, -0.05) is 17.3 Å². The first-order valence-corrected chi connectivity index (χ1v) is 11.7. The molecule has 0 atom stereocenters. The maximum atomic E-state index is 13.2. The van der Waals surface area contributed by atoms with E-state index in [2.05, 4.69) is 46.1 Å². The summed E-state index contributed by atoms with van der Waals surface area (Å²) in [4.78, 5) is 33.5. The van der Waals surface area contributed by atoms with E-state index in [1.165, 1.54) is 39.7 Å². The van der Waals surface area contributed by atoms with Gasteiger partial charge in [-0.05, 0) is 61.4 Å². The summed E-state index contributed by atoms with van der Waals surface area (Å²) in [5.41, 5.74) is 4.46. The van der Waals surface area contributed by atoms with E-state index in [0.717, 1.165) is 0 Å². The Morgan fingerprint density at radius 3 is 2.50 bits per heavy atom. The fourth-order valence-corrected chi connectivity index (χ4v) is 4.24. The number of piperazine rings is 1. The van der Waals surface area contributed by atoms with Gasteiger partial charge in [-0.15, -0.1) is 0 Å². The molecule has 10 heteroatoms. The average molecular weight is 489 g/mol. The largest absolute Gasteiger partial charge is 0.368 e. The van der Waals surface area contributed by atoms with Crippen molar-refractivity contribution in [2.75, 3.05) is 31.1 Å². The first-order chi connectivity index (χ1) is 17.4. The van der Waals surface area contributed by atoms with Gasteiger partial charge in [-0.25, -0.2) is 9.07 Å². The highest BCUT2D eigenvalue weighted by molar-refractivity contribution is 5.89. The Bertz CT molecular complexity index is 1460. The summed E-state index contributed by atoms with van der Waals surface area (Å²) < 4.78 is 19.6. The maximum absolute atomic E-state index is 13.2. The van der Waals surface area contributed by atoms with Crippen molar-refractivity contribution in [2.24, 2.45) is 0 Å². The zero-order valence-corrected chi connectivity index (χ0v) is 20.0. The summed E-state index contributed by atoms with van der Waals surface area (Å²) in [6, 6.07) is 15.0. The number of carbonyl (C=O) groups is 1. The van der Waals surface area contributed by atoms with E-state index in [-0.39, 0.29) is 35.5 Å². The van der Waals surface area contributed by atoms with E-state index in [4.69, 9.17) is 4.52 Å². The second kappa shape index (κ2) is 9.73. The minimum absolute atomic E-state index is 0.0644. The van der Waals surface area contributed by atoms with Crippen LogP contribution in [0.4, 0.5) is 10.1 Å². The number of anilines is 1. The van der Waals surface area contributed by atoms with Gasteiger partial charge < -0.3 is 14.3 Å². The highest BCUT2D eigenvalue weighted by Crippen LogP contribution is 2.24. The Morgan fingerprint density at radius 2 is 1.75 bits per heavy atom. The maximum Gasteiger partial charge on any atom is 0.316 e. The third-order valence-electron chi connectivity index (χ3n) is 6.43. The van der Waals surface area contributed by atoms with E-state index < -0.39 is 0 Å². The van der Waals surface area contributed by atoms with E-state index in [1.54, 1.807) is 23.1 Å². The molecule has 0 spiro atoms. The molecule has 0 aliphatic carbocycles. The van der Waals surface area contributed by atoms with Crippen LogP contribution in [0.5, 0.6) is 0 Å². The molecule has 1 aliphatic heterocycles. The molecule has 4 aromatic rings. The molecule has 36 heavy (non-hydrogen) atoms. The van der Waals surface area contributed by atoms with E-state index >= 15 is 0 Å². The van der Waals surface area contributed by atoms with Gasteiger partial charge in [0.1, 0.15) is 12.4 Å². The summed E-state index contributed by atoms with van der Waals surface area (Å²) in [7, 11) is 0. The molecule has 2 aromatic heterocycles. The summed E-state index contributed by atoms with van der Waals surface area (Å²) >= 11 is 0. The lowest BCUT2D eigenvalue weighted by molar-refractivity contribution is 0.0696. The summed E-state index contributed by atoms with van der Waals surface area (Å²) in [5, 5.41) is 8.19. The van der Waals surface area contributed by atoms with Crippen molar-refractivity contribution in [2.45, 2.75) is 20.4 Å². The topological polar surface area (TPSA) is 97.4 Å². The smallest absolute Gasteiger partial charge is 0.316 e. The summed E-state index contributed by atoms with van der Waals surface area (Å²) in [6.45, 7) is 6.60. The number of amides is 1. The monoisotopic (exact) mass is 488 g/mol. The normalized spacial score (nSPS) is 13.8. The van der Waals surface area contributed by atoms with Gasteiger partial charge in [0.2, 0.25) is 0 Å². The predicted molar refractivity (Wildman–Crippen MR) is 131 cm³/mol. The number of rotatable bonds is 5. The van der Waals surface area contributed by atoms with Crippen LogP contribution in [0.1, 0.15) is 27.6 Å². The Hall–Kier alpha value is -4.34. The molecule has 0 N–H and O–H groups in total. The lowest BCUT2D eigenvalue weighted by Crippen LogP contribution is -2.49. The molecule has 0 bridgehead atoms. The van der Waals surface area contributed by atoms with E-state index in [9.17, 15) is 14.0 Å². The number of hydrogen-bond acceptors (Lipinski definition) is 7. The Labute approximate surface area is 206 Å². The Morgan fingerprint density at radius 1 is 1.00 bits per heavy atom. The molecule has 2 aromatic carbocycles. The predicted octanol–water partition coefficient (Wildman–Crippen LogP) is 3.06. The molecule has 9 nitrogen and oxygen atoms in total. The highest BCUT2D eigenvalue weighted by atomic mass is 19.1. The van der Waals surface area contributed by atoms with Crippen molar-refractivity contribution in [1.29, 1.82) is 0 Å². The Balaban J connectivity index is 1.25. The third-order valence-corrected chi connectivity index (χ3v) is 6.43. The molecule has 1 amide bonds. The lowest BCUT2D eigenvalue weighted by Gasteiger charge is -2.36. The number of carbonyl (C=O) groups excluding carboxylic acids is 1. The van der Waals surface area contributed by atoms with Crippen molar-refractivity contribution in [3.05, 3.63) is 93.6 Å². The third kappa shape index (κ3) is 4.74. The van der Waals surface area contributed by atoms with Crippen LogP contribution >= 0.6 is 0 Å².